The fourth-order valence-electron chi connectivity index (χ4n) is 11.6. The second kappa shape index (κ2) is 14.0. The van der Waals surface area contributed by atoms with Crippen molar-refractivity contribution >= 4 is 130 Å². The Bertz CT molecular complexity index is 4930. The van der Waals surface area contributed by atoms with Gasteiger partial charge in [0.2, 0.25) is 0 Å². The summed E-state index contributed by atoms with van der Waals surface area (Å²) in [6, 6.07) is 71.8. The van der Waals surface area contributed by atoms with E-state index in [4.69, 9.17) is 24.4 Å². The Morgan fingerprint density at radius 3 is 1.67 bits per heavy atom. The van der Waals surface area contributed by atoms with Gasteiger partial charge in [-0.1, -0.05) is 133 Å². The summed E-state index contributed by atoms with van der Waals surface area (Å²) >= 11 is 0. The van der Waals surface area contributed by atoms with Crippen LogP contribution in [0.25, 0.3) is 159 Å². The molecule has 0 spiro atoms. The van der Waals surface area contributed by atoms with Crippen molar-refractivity contribution in [3.05, 3.63) is 213 Å². The first-order valence-corrected chi connectivity index (χ1v) is 23.7. The molecule has 0 fully saturated rings. The molecule has 0 bridgehead atoms. The van der Waals surface area contributed by atoms with E-state index in [0.29, 0.717) is 0 Å². The predicted octanol–water partition coefficient (Wildman–Crippen LogP) is 16.8. The molecule has 0 saturated heterocycles. The average molecular weight is 890 g/mol. The number of aromatic nitrogens is 5. The summed E-state index contributed by atoms with van der Waals surface area (Å²) in [4.78, 5) is 20.3. The standard InChI is InChI=1S/C64H35N5O/c1-2-12-41-40(11-1)47-17-9-31-66-62(47)63-48(41)27-29-55(68-63)39-23-26-45-53-34-51-43-14-4-3-13-42(43)50-32-38(54-28-24-37-21-20-36-10-8-30-65-60(36)61(37)67-54)22-25-44(50)52(51)35-58(53)69(57(45)33-39)56-18-7-16-49-46-15-5-6-19-59(46)70-64(49)56/h1-35H. The van der Waals surface area contributed by atoms with Crippen LogP contribution in [-0.4, -0.2) is 24.5 Å². The van der Waals surface area contributed by atoms with Crippen molar-refractivity contribution < 1.29 is 4.42 Å². The summed E-state index contributed by atoms with van der Waals surface area (Å²) in [6.07, 6.45) is 3.71. The van der Waals surface area contributed by atoms with Gasteiger partial charge in [0.1, 0.15) is 5.58 Å². The van der Waals surface area contributed by atoms with E-state index in [2.05, 4.69) is 187 Å². The quantitative estimate of drug-likeness (QED) is 0.165. The zero-order valence-corrected chi connectivity index (χ0v) is 37.4. The lowest BCUT2D eigenvalue weighted by atomic mass is 9.91. The van der Waals surface area contributed by atoms with E-state index in [-0.39, 0.29) is 0 Å². The average Bonchev–Trinajstić information content (AvgIpc) is 3.97. The number of hydrogen-bond donors (Lipinski definition) is 0. The molecule has 70 heavy (non-hydrogen) atoms. The molecule has 6 aromatic heterocycles. The van der Waals surface area contributed by atoms with Gasteiger partial charge in [0, 0.05) is 66.6 Å². The van der Waals surface area contributed by atoms with Gasteiger partial charge in [-0.3, -0.25) is 9.97 Å². The monoisotopic (exact) mass is 889 g/mol. The highest BCUT2D eigenvalue weighted by atomic mass is 16.3. The summed E-state index contributed by atoms with van der Waals surface area (Å²) in [5.41, 5.74) is 12.4. The number of fused-ring (bicyclic) bond motifs is 21. The van der Waals surface area contributed by atoms with E-state index < -0.39 is 0 Å². The van der Waals surface area contributed by atoms with Gasteiger partial charge in [0.15, 0.2) is 5.58 Å². The lowest BCUT2D eigenvalue weighted by molar-refractivity contribution is 0.666. The molecule has 0 radical (unpaired) electrons. The van der Waals surface area contributed by atoms with E-state index in [1.165, 1.54) is 43.1 Å². The fourth-order valence-corrected chi connectivity index (χ4v) is 11.6. The molecule has 10 aromatic carbocycles. The highest BCUT2D eigenvalue weighted by Gasteiger charge is 2.22. The lowest BCUT2D eigenvalue weighted by Gasteiger charge is -2.14. The van der Waals surface area contributed by atoms with Gasteiger partial charge < -0.3 is 8.98 Å². The summed E-state index contributed by atoms with van der Waals surface area (Å²) < 4.78 is 9.23. The molecule has 0 amide bonds. The molecule has 0 N–H and O–H groups in total. The maximum absolute atomic E-state index is 6.82. The van der Waals surface area contributed by atoms with Crippen molar-refractivity contribution in [1.29, 1.82) is 0 Å². The summed E-state index contributed by atoms with van der Waals surface area (Å²) in [6.45, 7) is 0. The van der Waals surface area contributed by atoms with Crippen molar-refractivity contribution in [2.75, 3.05) is 0 Å². The molecule has 322 valence electrons. The SMILES string of the molecule is c1cnc2c(c1)ccc1ccc(-c3ccc4c(c3)c3ccccc3c3cc5c6ccc(-c7ccc8c9ccccc9c9cccnc9c8n7)cc6n(-c6cccc7c6oc6ccccc67)c5cc43)nc12. The van der Waals surface area contributed by atoms with Crippen molar-refractivity contribution in [2.45, 2.75) is 0 Å². The molecule has 0 aliphatic heterocycles. The first-order chi connectivity index (χ1) is 34.7. The molecule has 16 aromatic rings. The molecule has 6 nitrogen and oxygen atoms in total. The molecule has 16 rings (SSSR count). The van der Waals surface area contributed by atoms with Gasteiger partial charge in [-0.05, 0) is 110 Å². The molecular formula is C64H35N5O. The van der Waals surface area contributed by atoms with Gasteiger partial charge in [0.05, 0.1) is 50.2 Å². The molecule has 0 atom stereocenters. The lowest BCUT2D eigenvalue weighted by Crippen LogP contribution is -1.95. The number of para-hydroxylation sites is 2. The third kappa shape index (κ3) is 5.22. The Hall–Kier alpha value is -9.52. The maximum atomic E-state index is 6.82. The first kappa shape index (κ1) is 37.6. The zero-order valence-electron chi connectivity index (χ0n) is 37.4. The van der Waals surface area contributed by atoms with E-state index in [0.717, 1.165) is 116 Å². The van der Waals surface area contributed by atoms with Gasteiger partial charge in [-0.2, -0.15) is 0 Å². The molecule has 0 saturated carbocycles. The maximum Gasteiger partial charge on any atom is 0.159 e. The highest BCUT2D eigenvalue weighted by molar-refractivity contribution is 6.30. The second-order valence-electron chi connectivity index (χ2n) is 18.5. The highest BCUT2D eigenvalue weighted by Crippen LogP contribution is 2.45. The fraction of sp³-hybridized carbons (Fsp3) is 0. The van der Waals surface area contributed by atoms with Crippen molar-refractivity contribution in [2.24, 2.45) is 0 Å². The number of hydrogen-bond acceptors (Lipinski definition) is 5. The van der Waals surface area contributed by atoms with Crippen LogP contribution in [0.5, 0.6) is 0 Å². The number of furan rings is 1. The van der Waals surface area contributed by atoms with Gasteiger partial charge in [0.25, 0.3) is 0 Å². The second-order valence-corrected chi connectivity index (χ2v) is 18.5. The van der Waals surface area contributed by atoms with E-state index in [1.807, 2.05) is 30.6 Å². The minimum Gasteiger partial charge on any atom is -0.454 e. The van der Waals surface area contributed by atoms with Crippen LogP contribution in [0.15, 0.2) is 217 Å². The Balaban J connectivity index is 0.973. The summed E-state index contributed by atoms with van der Waals surface area (Å²) in [7, 11) is 0. The molecule has 6 heterocycles. The molecular weight excluding hydrogens is 855 g/mol. The number of benzene rings is 10. The Morgan fingerprint density at radius 2 is 0.857 bits per heavy atom. The molecule has 6 heteroatoms. The Morgan fingerprint density at radius 1 is 0.314 bits per heavy atom. The first-order valence-electron chi connectivity index (χ1n) is 23.7. The van der Waals surface area contributed by atoms with E-state index in [1.54, 1.807) is 0 Å². The minimum atomic E-state index is 0.847. The predicted molar refractivity (Wildman–Crippen MR) is 290 cm³/mol. The molecule has 0 aliphatic carbocycles. The molecule has 0 aliphatic rings. The number of nitrogens with zero attached hydrogens (tertiary/aromatic N) is 5. The molecule has 0 unspecified atom stereocenters. The third-order valence-electron chi connectivity index (χ3n) is 14.8. The Labute approximate surface area is 398 Å². The van der Waals surface area contributed by atoms with Crippen molar-refractivity contribution in [3.63, 3.8) is 0 Å². The number of pyridine rings is 4. The Kier molecular flexibility index (Phi) is 7.52. The number of rotatable bonds is 3. The van der Waals surface area contributed by atoms with Crippen LogP contribution in [0.3, 0.4) is 0 Å². The third-order valence-corrected chi connectivity index (χ3v) is 14.8. The van der Waals surface area contributed by atoms with Crippen LogP contribution in [0.1, 0.15) is 0 Å². The minimum absolute atomic E-state index is 0.847. The topological polar surface area (TPSA) is 69.6 Å². The van der Waals surface area contributed by atoms with Crippen LogP contribution >= 0.6 is 0 Å². The smallest absolute Gasteiger partial charge is 0.159 e. The van der Waals surface area contributed by atoms with Crippen LogP contribution in [-0.2, 0) is 0 Å². The van der Waals surface area contributed by atoms with E-state index in [9.17, 15) is 0 Å². The zero-order chi connectivity index (χ0) is 45.6. The van der Waals surface area contributed by atoms with Crippen molar-refractivity contribution in [3.8, 4) is 28.2 Å². The normalized spacial score (nSPS) is 12.3. The summed E-state index contributed by atoms with van der Waals surface area (Å²) in [5.74, 6) is 0. The van der Waals surface area contributed by atoms with Gasteiger partial charge in [-0.15, -0.1) is 0 Å². The van der Waals surface area contributed by atoms with Crippen molar-refractivity contribution in [1.82, 2.24) is 24.5 Å². The van der Waals surface area contributed by atoms with Gasteiger partial charge >= 0.3 is 0 Å². The van der Waals surface area contributed by atoms with Crippen LogP contribution in [0, 0.1) is 0 Å². The largest absolute Gasteiger partial charge is 0.454 e. The summed E-state index contributed by atoms with van der Waals surface area (Å²) in [5, 5.41) is 18.3. The van der Waals surface area contributed by atoms with E-state index >= 15 is 0 Å². The van der Waals surface area contributed by atoms with Crippen LogP contribution in [0.2, 0.25) is 0 Å². The van der Waals surface area contributed by atoms with Crippen LogP contribution < -0.4 is 0 Å². The van der Waals surface area contributed by atoms with Gasteiger partial charge in [-0.25, -0.2) is 9.97 Å². The van der Waals surface area contributed by atoms with Crippen LogP contribution in [0.4, 0.5) is 0 Å².